The lowest BCUT2D eigenvalue weighted by molar-refractivity contribution is 0.171. The normalized spacial score (nSPS) is 13.9. The molecule has 0 aromatic heterocycles. The average Bonchev–Trinajstić information content (AvgIpc) is 2.28. The SMILES string of the molecule is CC(O)CN(C)S(=O)(=O)c1cccc(CN)c1. The van der Waals surface area contributed by atoms with Crippen LogP contribution in [0.15, 0.2) is 29.2 Å². The van der Waals surface area contributed by atoms with Crippen LogP contribution >= 0.6 is 0 Å². The van der Waals surface area contributed by atoms with Gasteiger partial charge in [-0.15, -0.1) is 0 Å². The minimum atomic E-state index is -3.55. The van der Waals surface area contributed by atoms with Crippen LogP contribution in [0.5, 0.6) is 0 Å². The third-order valence-electron chi connectivity index (χ3n) is 2.36. The first-order chi connectivity index (χ1) is 7.87. The molecule has 1 atom stereocenters. The minimum Gasteiger partial charge on any atom is -0.392 e. The van der Waals surface area contributed by atoms with E-state index < -0.39 is 16.1 Å². The van der Waals surface area contributed by atoms with E-state index in [-0.39, 0.29) is 11.4 Å². The molecule has 0 saturated heterocycles. The molecule has 96 valence electrons. The van der Waals surface area contributed by atoms with E-state index in [1.54, 1.807) is 25.1 Å². The Bertz CT molecular complexity index is 471. The van der Waals surface area contributed by atoms with Crippen molar-refractivity contribution in [1.82, 2.24) is 4.31 Å². The van der Waals surface area contributed by atoms with Gasteiger partial charge in [-0.2, -0.15) is 4.31 Å². The molecule has 1 rings (SSSR count). The van der Waals surface area contributed by atoms with Gasteiger partial charge in [0.05, 0.1) is 11.0 Å². The number of likely N-dealkylation sites (N-methyl/N-ethyl adjacent to an activating group) is 1. The van der Waals surface area contributed by atoms with Crippen molar-refractivity contribution in [3.8, 4) is 0 Å². The molecule has 1 aromatic carbocycles. The summed E-state index contributed by atoms with van der Waals surface area (Å²) in [6.07, 6.45) is -0.701. The molecule has 3 N–H and O–H groups in total. The van der Waals surface area contributed by atoms with Crippen LogP contribution < -0.4 is 5.73 Å². The van der Waals surface area contributed by atoms with Gasteiger partial charge in [-0.25, -0.2) is 8.42 Å². The lowest BCUT2D eigenvalue weighted by Gasteiger charge is -2.18. The molecule has 0 aliphatic heterocycles. The Morgan fingerprint density at radius 3 is 2.65 bits per heavy atom. The van der Waals surface area contributed by atoms with Crippen molar-refractivity contribution in [3.05, 3.63) is 29.8 Å². The summed E-state index contributed by atoms with van der Waals surface area (Å²) in [5, 5.41) is 9.21. The Morgan fingerprint density at radius 1 is 1.47 bits per heavy atom. The van der Waals surface area contributed by atoms with Gasteiger partial charge in [-0.05, 0) is 24.6 Å². The molecule has 0 bridgehead atoms. The van der Waals surface area contributed by atoms with Gasteiger partial charge in [0.2, 0.25) is 10.0 Å². The predicted octanol–water partition coefficient (Wildman–Crippen LogP) is 0.147. The lowest BCUT2D eigenvalue weighted by atomic mass is 10.2. The van der Waals surface area contributed by atoms with Gasteiger partial charge in [0.15, 0.2) is 0 Å². The largest absolute Gasteiger partial charge is 0.392 e. The Morgan fingerprint density at radius 2 is 2.12 bits per heavy atom. The molecule has 0 aliphatic carbocycles. The van der Waals surface area contributed by atoms with Crippen LogP contribution in [0.3, 0.4) is 0 Å². The van der Waals surface area contributed by atoms with Gasteiger partial charge in [-0.1, -0.05) is 12.1 Å². The molecule has 0 amide bonds. The lowest BCUT2D eigenvalue weighted by Crippen LogP contribution is -2.33. The second-order valence-corrected chi connectivity index (χ2v) is 6.03. The molecule has 0 fully saturated rings. The fraction of sp³-hybridized carbons (Fsp3) is 0.455. The zero-order valence-electron chi connectivity index (χ0n) is 10.00. The molecule has 0 spiro atoms. The van der Waals surface area contributed by atoms with Crippen LogP contribution in [0.4, 0.5) is 0 Å². The van der Waals surface area contributed by atoms with Gasteiger partial charge in [-0.3, -0.25) is 0 Å². The van der Waals surface area contributed by atoms with E-state index in [2.05, 4.69) is 0 Å². The number of benzene rings is 1. The van der Waals surface area contributed by atoms with Crippen LogP contribution in [-0.2, 0) is 16.6 Å². The summed E-state index contributed by atoms with van der Waals surface area (Å²) in [5.41, 5.74) is 6.23. The zero-order valence-corrected chi connectivity index (χ0v) is 10.8. The van der Waals surface area contributed by atoms with Crippen LogP contribution in [0, 0.1) is 0 Å². The second kappa shape index (κ2) is 5.59. The monoisotopic (exact) mass is 258 g/mol. The van der Waals surface area contributed by atoms with Gasteiger partial charge in [0.25, 0.3) is 0 Å². The molecular weight excluding hydrogens is 240 g/mol. The number of rotatable bonds is 5. The topological polar surface area (TPSA) is 83.6 Å². The molecule has 0 heterocycles. The van der Waals surface area contributed by atoms with Crippen LogP contribution in [0.1, 0.15) is 12.5 Å². The van der Waals surface area contributed by atoms with Crippen LogP contribution in [0.2, 0.25) is 0 Å². The fourth-order valence-electron chi connectivity index (χ4n) is 1.48. The number of aliphatic hydroxyl groups is 1. The molecule has 5 nitrogen and oxygen atoms in total. The van der Waals surface area contributed by atoms with Crippen molar-refractivity contribution in [3.63, 3.8) is 0 Å². The van der Waals surface area contributed by atoms with E-state index in [1.807, 2.05) is 0 Å². The number of sulfonamides is 1. The predicted molar refractivity (Wildman–Crippen MR) is 65.8 cm³/mol. The van der Waals surface area contributed by atoms with Crippen molar-refractivity contribution >= 4 is 10.0 Å². The maximum atomic E-state index is 12.1. The molecule has 0 saturated carbocycles. The Hall–Kier alpha value is -0.950. The van der Waals surface area contributed by atoms with E-state index in [0.29, 0.717) is 6.54 Å². The Labute approximate surface area is 102 Å². The average molecular weight is 258 g/mol. The van der Waals surface area contributed by atoms with Crippen molar-refractivity contribution in [2.24, 2.45) is 5.73 Å². The van der Waals surface area contributed by atoms with Crippen molar-refractivity contribution < 1.29 is 13.5 Å². The minimum absolute atomic E-state index is 0.0647. The summed E-state index contributed by atoms with van der Waals surface area (Å²) in [6.45, 7) is 1.90. The molecule has 0 radical (unpaired) electrons. The Kier molecular flexibility index (Phi) is 4.64. The summed E-state index contributed by atoms with van der Waals surface area (Å²) in [6, 6.07) is 6.50. The molecule has 6 heteroatoms. The summed E-state index contributed by atoms with van der Waals surface area (Å²) >= 11 is 0. The fourth-order valence-corrected chi connectivity index (χ4v) is 2.81. The molecule has 1 unspecified atom stereocenters. The third kappa shape index (κ3) is 3.50. The van der Waals surface area contributed by atoms with Crippen molar-refractivity contribution in [1.29, 1.82) is 0 Å². The highest BCUT2D eigenvalue weighted by Crippen LogP contribution is 2.15. The summed E-state index contributed by atoms with van der Waals surface area (Å²) in [5.74, 6) is 0. The van der Waals surface area contributed by atoms with Crippen LogP contribution in [0.25, 0.3) is 0 Å². The quantitative estimate of drug-likeness (QED) is 0.787. The number of nitrogens with two attached hydrogens (primary N) is 1. The summed E-state index contributed by atoms with van der Waals surface area (Å²) in [4.78, 5) is 0.198. The van der Waals surface area contributed by atoms with E-state index >= 15 is 0 Å². The van der Waals surface area contributed by atoms with Crippen molar-refractivity contribution in [2.45, 2.75) is 24.5 Å². The number of hydrogen-bond acceptors (Lipinski definition) is 4. The van der Waals surface area contributed by atoms with Crippen molar-refractivity contribution in [2.75, 3.05) is 13.6 Å². The molecular formula is C11H18N2O3S. The number of hydrogen-bond donors (Lipinski definition) is 2. The highest BCUT2D eigenvalue weighted by molar-refractivity contribution is 7.89. The molecule has 1 aromatic rings. The van der Waals surface area contributed by atoms with E-state index in [4.69, 9.17) is 5.73 Å². The number of nitrogens with zero attached hydrogens (tertiary/aromatic N) is 1. The highest BCUT2D eigenvalue weighted by atomic mass is 32.2. The van der Waals surface area contributed by atoms with E-state index in [0.717, 1.165) is 9.87 Å². The smallest absolute Gasteiger partial charge is 0.242 e. The standard InChI is InChI=1S/C11H18N2O3S/c1-9(14)8-13(2)17(15,16)11-5-3-4-10(6-11)7-12/h3-6,9,14H,7-8,12H2,1-2H3. The molecule has 17 heavy (non-hydrogen) atoms. The highest BCUT2D eigenvalue weighted by Gasteiger charge is 2.21. The molecule has 0 aliphatic rings. The first-order valence-corrected chi connectivity index (χ1v) is 6.75. The van der Waals surface area contributed by atoms with Gasteiger partial charge >= 0.3 is 0 Å². The summed E-state index contributed by atoms with van der Waals surface area (Å²) in [7, 11) is -2.11. The maximum absolute atomic E-state index is 12.1. The van der Waals surface area contributed by atoms with E-state index in [1.165, 1.54) is 13.1 Å². The van der Waals surface area contributed by atoms with Gasteiger partial charge in [0, 0.05) is 20.1 Å². The van der Waals surface area contributed by atoms with E-state index in [9.17, 15) is 13.5 Å². The van der Waals surface area contributed by atoms with Crippen LogP contribution in [-0.4, -0.2) is 37.5 Å². The third-order valence-corrected chi connectivity index (χ3v) is 4.18. The Balaban J connectivity index is 3.04. The van der Waals surface area contributed by atoms with Gasteiger partial charge in [0.1, 0.15) is 0 Å². The maximum Gasteiger partial charge on any atom is 0.242 e. The zero-order chi connectivity index (χ0) is 13.1. The first-order valence-electron chi connectivity index (χ1n) is 5.31. The number of aliphatic hydroxyl groups excluding tert-OH is 1. The summed E-state index contributed by atoms with van der Waals surface area (Å²) < 4.78 is 25.4. The second-order valence-electron chi connectivity index (χ2n) is 3.99. The van der Waals surface area contributed by atoms with Gasteiger partial charge < -0.3 is 10.8 Å². The first kappa shape index (κ1) is 14.1.